The topological polar surface area (TPSA) is 91.2 Å². The molecule has 0 saturated heterocycles. The van der Waals surface area contributed by atoms with Gasteiger partial charge in [0.25, 0.3) is 0 Å². The van der Waals surface area contributed by atoms with Gasteiger partial charge in [0.2, 0.25) is 5.91 Å². The summed E-state index contributed by atoms with van der Waals surface area (Å²) >= 11 is 0. The lowest BCUT2D eigenvalue weighted by atomic mass is 9.94. The largest absolute Gasteiger partial charge is 0.444 e. The van der Waals surface area contributed by atoms with Crippen LogP contribution in [0.25, 0.3) is 0 Å². The molecule has 0 fully saturated rings. The molecule has 25 heavy (non-hydrogen) atoms. The number of nitrogens with one attached hydrogen (secondary N) is 2. The summed E-state index contributed by atoms with van der Waals surface area (Å²) < 4.78 is 5.10. The predicted octanol–water partition coefficient (Wildman–Crippen LogP) is 2.93. The smallest absolute Gasteiger partial charge is 0.407 e. The van der Waals surface area contributed by atoms with Crippen molar-refractivity contribution in [3.8, 4) is 6.07 Å². The van der Waals surface area contributed by atoms with E-state index in [0.29, 0.717) is 12.8 Å². The molecule has 0 saturated carbocycles. The summed E-state index contributed by atoms with van der Waals surface area (Å²) in [5.41, 5.74) is -0.410. The average Bonchev–Trinajstić information content (AvgIpc) is 2.52. The van der Waals surface area contributed by atoms with E-state index in [0.717, 1.165) is 5.56 Å². The van der Waals surface area contributed by atoms with Crippen LogP contribution in [0.2, 0.25) is 0 Å². The van der Waals surface area contributed by atoms with Crippen LogP contribution in [-0.2, 0) is 16.0 Å². The Morgan fingerprint density at radius 1 is 1.16 bits per heavy atom. The molecular formula is C19H27N3O3. The van der Waals surface area contributed by atoms with E-state index in [1.807, 2.05) is 30.3 Å². The molecule has 0 bridgehead atoms. The lowest BCUT2D eigenvalue weighted by molar-refractivity contribution is -0.122. The second-order valence-electron chi connectivity index (χ2n) is 7.16. The molecule has 0 aliphatic rings. The summed E-state index contributed by atoms with van der Waals surface area (Å²) in [5, 5.41) is 14.7. The lowest BCUT2D eigenvalue weighted by Gasteiger charge is -2.23. The van der Waals surface area contributed by atoms with E-state index in [1.54, 1.807) is 27.7 Å². The first-order chi connectivity index (χ1) is 11.6. The highest BCUT2D eigenvalue weighted by molar-refractivity contribution is 5.78. The number of alkyl carbamates (subject to hydrolysis) is 1. The van der Waals surface area contributed by atoms with Crippen molar-refractivity contribution in [1.82, 2.24) is 10.6 Å². The van der Waals surface area contributed by atoms with Crippen molar-refractivity contribution in [3.63, 3.8) is 0 Å². The van der Waals surface area contributed by atoms with Crippen molar-refractivity contribution in [1.29, 1.82) is 5.26 Å². The zero-order chi connectivity index (χ0) is 18.9. The van der Waals surface area contributed by atoms with Crippen LogP contribution in [-0.4, -0.2) is 29.7 Å². The second kappa shape index (κ2) is 9.07. The highest BCUT2D eigenvalue weighted by Crippen LogP contribution is 2.14. The number of nitriles is 1. The Hall–Kier alpha value is -2.55. The van der Waals surface area contributed by atoms with E-state index in [-0.39, 0.29) is 18.9 Å². The Morgan fingerprint density at radius 3 is 2.36 bits per heavy atom. The number of amides is 2. The zero-order valence-electron chi connectivity index (χ0n) is 15.4. The number of nitrogens with zero attached hydrogens (tertiary/aromatic N) is 1. The van der Waals surface area contributed by atoms with Gasteiger partial charge in [-0.25, -0.2) is 4.79 Å². The van der Waals surface area contributed by atoms with Gasteiger partial charge in [0.15, 0.2) is 0 Å². The highest BCUT2D eigenvalue weighted by Gasteiger charge is 2.25. The van der Waals surface area contributed by atoms with Crippen LogP contribution in [0.15, 0.2) is 30.3 Å². The molecule has 6 heteroatoms. The molecule has 2 N–H and O–H groups in total. The maximum Gasteiger partial charge on any atom is 0.407 e. The number of hydrogen-bond acceptors (Lipinski definition) is 4. The van der Waals surface area contributed by atoms with Gasteiger partial charge in [-0.15, -0.1) is 0 Å². The minimum Gasteiger partial charge on any atom is -0.444 e. The first-order valence-corrected chi connectivity index (χ1v) is 8.37. The maximum atomic E-state index is 12.0. The van der Waals surface area contributed by atoms with Gasteiger partial charge in [-0.05, 0) is 46.1 Å². The standard InChI is InChI=1S/C19H27N3O3/c1-18(2,3)25-17(24)21-13-11-16(23)22-19(4,14-20)12-10-15-8-6-5-7-9-15/h5-9H,10-13H2,1-4H3,(H,21,24)(H,22,23)/t19-/m0/s1. The van der Waals surface area contributed by atoms with Crippen molar-refractivity contribution in [2.45, 2.75) is 58.1 Å². The van der Waals surface area contributed by atoms with Crippen LogP contribution < -0.4 is 10.6 Å². The fraction of sp³-hybridized carbons (Fsp3) is 0.526. The summed E-state index contributed by atoms with van der Waals surface area (Å²) in [7, 11) is 0. The third-order valence-corrected chi connectivity index (χ3v) is 3.44. The Morgan fingerprint density at radius 2 is 1.80 bits per heavy atom. The minimum absolute atomic E-state index is 0.0852. The summed E-state index contributed by atoms with van der Waals surface area (Å²) in [6.45, 7) is 7.16. The SMILES string of the molecule is CC(C)(C)OC(=O)NCCC(=O)N[C@](C)(C#N)CCc1ccccc1. The van der Waals surface area contributed by atoms with E-state index >= 15 is 0 Å². The Labute approximate surface area is 149 Å². The van der Waals surface area contributed by atoms with Gasteiger partial charge in [0.1, 0.15) is 11.1 Å². The van der Waals surface area contributed by atoms with Crippen LogP contribution >= 0.6 is 0 Å². The van der Waals surface area contributed by atoms with E-state index < -0.39 is 17.2 Å². The molecular weight excluding hydrogens is 318 g/mol. The van der Waals surface area contributed by atoms with Gasteiger partial charge in [-0.3, -0.25) is 4.79 Å². The number of benzene rings is 1. The molecule has 0 aromatic heterocycles. The normalized spacial score (nSPS) is 13.2. The van der Waals surface area contributed by atoms with Crippen LogP contribution in [0, 0.1) is 11.3 Å². The Balaban J connectivity index is 2.39. The molecule has 0 unspecified atom stereocenters. The molecule has 0 aliphatic heterocycles. The predicted molar refractivity (Wildman–Crippen MR) is 95.8 cm³/mol. The molecule has 136 valence electrons. The third kappa shape index (κ3) is 8.75. The van der Waals surface area contributed by atoms with Gasteiger partial charge in [0.05, 0.1) is 6.07 Å². The van der Waals surface area contributed by atoms with Gasteiger partial charge < -0.3 is 15.4 Å². The van der Waals surface area contributed by atoms with Crippen LogP contribution in [0.5, 0.6) is 0 Å². The minimum atomic E-state index is -0.946. The van der Waals surface area contributed by atoms with Gasteiger partial charge in [0, 0.05) is 13.0 Å². The molecule has 2 amide bonds. The van der Waals surface area contributed by atoms with E-state index in [2.05, 4.69) is 16.7 Å². The highest BCUT2D eigenvalue weighted by atomic mass is 16.6. The lowest BCUT2D eigenvalue weighted by Crippen LogP contribution is -2.46. The number of ether oxygens (including phenoxy) is 1. The van der Waals surface area contributed by atoms with Crippen LogP contribution in [0.3, 0.4) is 0 Å². The summed E-state index contributed by atoms with van der Waals surface area (Å²) in [6.07, 6.45) is 0.731. The monoisotopic (exact) mass is 345 g/mol. The average molecular weight is 345 g/mol. The Bertz CT molecular complexity index is 617. The molecule has 6 nitrogen and oxygen atoms in total. The van der Waals surface area contributed by atoms with Crippen LogP contribution in [0.4, 0.5) is 4.79 Å². The molecule has 1 aromatic rings. The van der Waals surface area contributed by atoms with Crippen molar-refractivity contribution < 1.29 is 14.3 Å². The van der Waals surface area contributed by atoms with Crippen LogP contribution in [0.1, 0.15) is 46.1 Å². The first kappa shape index (κ1) is 20.5. The Kier molecular flexibility index (Phi) is 7.43. The van der Waals surface area contributed by atoms with E-state index in [1.165, 1.54) is 0 Å². The number of rotatable bonds is 7. The molecule has 0 heterocycles. The van der Waals surface area contributed by atoms with E-state index in [9.17, 15) is 14.9 Å². The quantitative estimate of drug-likeness (QED) is 0.795. The number of hydrogen-bond donors (Lipinski definition) is 2. The van der Waals surface area contributed by atoms with E-state index in [4.69, 9.17) is 4.74 Å². The van der Waals surface area contributed by atoms with Gasteiger partial charge in [-0.1, -0.05) is 30.3 Å². The number of carbonyl (C=O) groups is 2. The first-order valence-electron chi connectivity index (χ1n) is 8.37. The summed E-state index contributed by atoms with van der Waals surface area (Å²) in [6, 6.07) is 12.0. The van der Waals surface area contributed by atoms with Crippen molar-refractivity contribution >= 4 is 12.0 Å². The van der Waals surface area contributed by atoms with Crippen molar-refractivity contribution in [2.24, 2.45) is 0 Å². The number of carbonyl (C=O) groups excluding carboxylic acids is 2. The molecule has 0 aliphatic carbocycles. The van der Waals surface area contributed by atoms with Gasteiger partial charge in [-0.2, -0.15) is 5.26 Å². The molecule has 1 rings (SSSR count). The summed E-state index contributed by atoms with van der Waals surface area (Å²) in [4.78, 5) is 23.6. The molecule has 1 aromatic carbocycles. The van der Waals surface area contributed by atoms with Crippen molar-refractivity contribution in [2.75, 3.05) is 6.54 Å². The second-order valence-corrected chi connectivity index (χ2v) is 7.16. The summed E-state index contributed by atoms with van der Waals surface area (Å²) in [5.74, 6) is -0.284. The number of aryl methyl sites for hydroxylation is 1. The molecule has 1 atom stereocenters. The molecule has 0 radical (unpaired) electrons. The van der Waals surface area contributed by atoms with Gasteiger partial charge >= 0.3 is 6.09 Å². The maximum absolute atomic E-state index is 12.0. The van der Waals surface area contributed by atoms with Crippen molar-refractivity contribution in [3.05, 3.63) is 35.9 Å². The third-order valence-electron chi connectivity index (χ3n) is 3.44. The fourth-order valence-corrected chi connectivity index (χ4v) is 2.15. The zero-order valence-corrected chi connectivity index (χ0v) is 15.4. The fourth-order valence-electron chi connectivity index (χ4n) is 2.15. The molecule has 0 spiro atoms.